The van der Waals surface area contributed by atoms with Crippen molar-refractivity contribution in [3.05, 3.63) is 28.8 Å². The van der Waals surface area contributed by atoms with Crippen molar-refractivity contribution >= 4 is 29.2 Å². The van der Waals surface area contributed by atoms with Crippen molar-refractivity contribution in [3.63, 3.8) is 0 Å². The van der Waals surface area contributed by atoms with Crippen LogP contribution in [-0.4, -0.2) is 21.1 Å². The molecule has 0 unspecified atom stereocenters. The smallest absolute Gasteiger partial charge is 0.323 e. The Kier molecular flexibility index (Phi) is 4.37. The highest BCUT2D eigenvalue weighted by atomic mass is 35.5. The van der Waals surface area contributed by atoms with E-state index < -0.39 is 11.6 Å². The van der Waals surface area contributed by atoms with E-state index in [1.54, 1.807) is 13.8 Å². The fraction of sp³-hybridized carbons (Fsp3) is 0.250. The summed E-state index contributed by atoms with van der Waals surface area (Å²) in [6.45, 7) is 3.56. The van der Waals surface area contributed by atoms with Gasteiger partial charge in [0.25, 0.3) is 0 Å². The first kappa shape index (κ1) is 15.2. The van der Waals surface area contributed by atoms with Gasteiger partial charge in [0.2, 0.25) is 11.9 Å². The lowest BCUT2D eigenvalue weighted by molar-refractivity contribution is 0.222. The average Bonchev–Trinajstić information content (AvgIpc) is 2.32. The lowest BCUT2D eigenvalue weighted by atomic mass is 10.3. The van der Waals surface area contributed by atoms with Crippen molar-refractivity contribution in [3.8, 4) is 6.01 Å². The van der Waals surface area contributed by atoms with Crippen LogP contribution in [0.2, 0.25) is 5.02 Å². The van der Waals surface area contributed by atoms with Crippen LogP contribution in [-0.2, 0) is 0 Å². The molecule has 0 atom stereocenters. The SMILES string of the molecule is CC(C)Oc1nc(N)nc(Nc2c(F)cc(F)cc2Cl)n1. The number of hydrogen-bond donors (Lipinski definition) is 2. The maximum absolute atomic E-state index is 13.7. The third-order valence-corrected chi connectivity index (χ3v) is 2.52. The first-order chi connectivity index (χ1) is 9.85. The molecule has 0 spiro atoms. The Bertz CT molecular complexity index is 645. The summed E-state index contributed by atoms with van der Waals surface area (Å²) in [4.78, 5) is 11.5. The van der Waals surface area contributed by atoms with E-state index in [0.29, 0.717) is 6.07 Å². The lowest BCUT2D eigenvalue weighted by Gasteiger charge is -2.11. The lowest BCUT2D eigenvalue weighted by Crippen LogP contribution is -2.12. The van der Waals surface area contributed by atoms with Crippen molar-refractivity contribution < 1.29 is 13.5 Å². The summed E-state index contributed by atoms with van der Waals surface area (Å²) in [6, 6.07) is 1.63. The van der Waals surface area contributed by atoms with Gasteiger partial charge < -0.3 is 15.8 Å². The van der Waals surface area contributed by atoms with Gasteiger partial charge in [-0.25, -0.2) is 8.78 Å². The Labute approximate surface area is 124 Å². The van der Waals surface area contributed by atoms with Crippen LogP contribution in [0.25, 0.3) is 0 Å². The molecule has 1 heterocycles. The molecule has 0 bridgehead atoms. The van der Waals surface area contributed by atoms with E-state index in [4.69, 9.17) is 22.1 Å². The fourth-order valence-corrected chi connectivity index (χ4v) is 1.71. The summed E-state index contributed by atoms with van der Waals surface area (Å²) in [5, 5.41) is 2.37. The molecule has 0 aliphatic carbocycles. The molecule has 0 fully saturated rings. The molecule has 0 saturated heterocycles. The van der Waals surface area contributed by atoms with Gasteiger partial charge in [-0.15, -0.1) is 0 Å². The first-order valence-electron chi connectivity index (χ1n) is 5.95. The Morgan fingerprint density at radius 3 is 2.57 bits per heavy atom. The minimum absolute atomic E-state index is 0.0151. The predicted molar refractivity (Wildman–Crippen MR) is 74.7 cm³/mol. The van der Waals surface area contributed by atoms with Gasteiger partial charge in [-0.1, -0.05) is 11.6 Å². The number of aromatic nitrogens is 3. The molecule has 0 saturated carbocycles. The van der Waals surface area contributed by atoms with E-state index in [9.17, 15) is 8.78 Å². The first-order valence-corrected chi connectivity index (χ1v) is 6.32. The number of halogens is 3. The summed E-state index contributed by atoms with van der Waals surface area (Å²) in [5.41, 5.74) is 5.35. The Hall–Kier alpha value is -2.22. The number of nitrogens with zero attached hydrogens (tertiary/aromatic N) is 3. The molecule has 1 aromatic carbocycles. The molecule has 2 aromatic rings. The van der Waals surface area contributed by atoms with Crippen LogP contribution in [0.1, 0.15) is 13.8 Å². The van der Waals surface area contributed by atoms with Gasteiger partial charge in [0.05, 0.1) is 16.8 Å². The van der Waals surface area contributed by atoms with Crippen molar-refractivity contribution in [2.24, 2.45) is 0 Å². The highest BCUT2D eigenvalue weighted by Gasteiger charge is 2.13. The van der Waals surface area contributed by atoms with Gasteiger partial charge in [0.1, 0.15) is 5.82 Å². The molecule has 9 heteroatoms. The van der Waals surface area contributed by atoms with E-state index in [1.807, 2.05) is 0 Å². The van der Waals surface area contributed by atoms with Crippen LogP contribution < -0.4 is 15.8 Å². The number of nitrogen functional groups attached to an aromatic ring is 1. The normalized spacial score (nSPS) is 10.8. The molecular weight excluding hydrogens is 304 g/mol. The van der Waals surface area contributed by atoms with Gasteiger partial charge in [0, 0.05) is 6.07 Å². The minimum Gasteiger partial charge on any atom is -0.461 e. The highest BCUT2D eigenvalue weighted by Crippen LogP contribution is 2.28. The molecule has 2 rings (SSSR count). The predicted octanol–water partition coefficient (Wildman–Crippen LogP) is 2.92. The number of anilines is 3. The van der Waals surface area contributed by atoms with Gasteiger partial charge in [-0.2, -0.15) is 15.0 Å². The molecule has 0 aliphatic heterocycles. The molecule has 112 valence electrons. The van der Waals surface area contributed by atoms with Crippen molar-refractivity contribution in [1.29, 1.82) is 0 Å². The summed E-state index contributed by atoms with van der Waals surface area (Å²) < 4.78 is 32.0. The highest BCUT2D eigenvalue weighted by molar-refractivity contribution is 6.33. The van der Waals surface area contributed by atoms with Crippen LogP contribution in [0.15, 0.2) is 12.1 Å². The summed E-state index contributed by atoms with van der Waals surface area (Å²) in [7, 11) is 0. The number of rotatable bonds is 4. The largest absolute Gasteiger partial charge is 0.461 e. The van der Waals surface area contributed by atoms with E-state index in [0.717, 1.165) is 6.07 Å². The summed E-state index contributed by atoms with van der Waals surface area (Å²) in [6.07, 6.45) is -0.175. The Morgan fingerprint density at radius 1 is 1.24 bits per heavy atom. The van der Waals surface area contributed by atoms with Crippen molar-refractivity contribution in [2.75, 3.05) is 11.1 Å². The van der Waals surface area contributed by atoms with Gasteiger partial charge in [0.15, 0.2) is 5.82 Å². The number of hydrogen-bond acceptors (Lipinski definition) is 6. The average molecular weight is 316 g/mol. The zero-order valence-corrected chi connectivity index (χ0v) is 11.9. The number of nitrogens with one attached hydrogen (secondary N) is 1. The van der Waals surface area contributed by atoms with Crippen LogP contribution in [0.4, 0.5) is 26.4 Å². The number of nitrogens with two attached hydrogens (primary N) is 1. The number of ether oxygens (including phenoxy) is 1. The van der Waals surface area contributed by atoms with Gasteiger partial charge in [-0.05, 0) is 19.9 Å². The maximum atomic E-state index is 13.7. The molecule has 6 nitrogen and oxygen atoms in total. The molecule has 0 aliphatic rings. The van der Waals surface area contributed by atoms with Crippen LogP contribution in [0.5, 0.6) is 6.01 Å². The molecule has 0 amide bonds. The second-order valence-corrected chi connectivity index (χ2v) is 4.74. The molecule has 0 radical (unpaired) electrons. The second-order valence-electron chi connectivity index (χ2n) is 4.34. The quantitative estimate of drug-likeness (QED) is 0.902. The second kappa shape index (κ2) is 6.04. The van der Waals surface area contributed by atoms with Crippen molar-refractivity contribution in [2.45, 2.75) is 20.0 Å². The Morgan fingerprint density at radius 2 is 1.95 bits per heavy atom. The topological polar surface area (TPSA) is 86.0 Å². The third kappa shape index (κ3) is 3.88. The van der Waals surface area contributed by atoms with Crippen molar-refractivity contribution in [1.82, 2.24) is 15.0 Å². The minimum atomic E-state index is -0.884. The maximum Gasteiger partial charge on any atom is 0.323 e. The van der Waals surface area contributed by atoms with Crippen LogP contribution in [0.3, 0.4) is 0 Å². The molecular formula is C12H12ClF2N5O. The Balaban J connectivity index is 2.33. The van der Waals surface area contributed by atoms with Crippen LogP contribution in [0, 0.1) is 11.6 Å². The van der Waals surface area contributed by atoms with E-state index >= 15 is 0 Å². The standard InChI is InChI=1S/C12H12ClF2N5O/c1-5(2)21-12-19-10(16)18-11(20-12)17-9-7(13)3-6(14)4-8(9)15/h3-5H,1-2H3,(H3,16,17,18,19,20). The zero-order chi connectivity index (χ0) is 15.6. The van der Waals surface area contributed by atoms with E-state index in [1.165, 1.54) is 0 Å². The summed E-state index contributed by atoms with van der Waals surface area (Å²) in [5.74, 6) is -1.85. The van der Waals surface area contributed by atoms with E-state index in [2.05, 4.69) is 20.3 Å². The molecule has 1 aromatic heterocycles. The van der Waals surface area contributed by atoms with Crippen LogP contribution >= 0.6 is 11.6 Å². The third-order valence-electron chi connectivity index (χ3n) is 2.22. The fourth-order valence-electron chi connectivity index (χ4n) is 1.46. The molecule has 21 heavy (non-hydrogen) atoms. The monoisotopic (exact) mass is 315 g/mol. The number of benzene rings is 1. The van der Waals surface area contributed by atoms with Gasteiger partial charge >= 0.3 is 6.01 Å². The summed E-state index contributed by atoms with van der Waals surface area (Å²) >= 11 is 5.77. The van der Waals surface area contributed by atoms with Gasteiger partial charge in [-0.3, -0.25) is 0 Å². The molecule has 3 N–H and O–H groups in total. The van der Waals surface area contributed by atoms with E-state index in [-0.39, 0.29) is 34.7 Å². The zero-order valence-electron chi connectivity index (χ0n) is 11.2.